The summed E-state index contributed by atoms with van der Waals surface area (Å²) in [6.07, 6.45) is 0. The second kappa shape index (κ2) is 10.3. The number of halogens is 2. The molecule has 0 heterocycles. The van der Waals surface area contributed by atoms with Crippen LogP contribution in [0, 0.1) is 0 Å². The van der Waals surface area contributed by atoms with Crippen LogP contribution < -0.4 is 0 Å². The zero-order chi connectivity index (χ0) is 24.2. The standard InChI is InChI=1S/C32H22Cl2O/c33-26-16-7-14-24(20-26)29-19-9-18-28(22-10-3-1-4-11-22)31(29)32(35)30(23-12-5-2-6-13-23)25-15-8-17-27(34)21-25/h1-21,30H. The molecule has 1 unspecified atom stereocenters. The van der Waals surface area contributed by atoms with Crippen molar-refractivity contribution in [1.29, 1.82) is 0 Å². The van der Waals surface area contributed by atoms with E-state index < -0.39 is 5.92 Å². The van der Waals surface area contributed by atoms with E-state index in [1.54, 1.807) is 0 Å². The fourth-order valence-corrected chi connectivity index (χ4v) is 4.93. The van der Waals surface area contributed by atoms with Crippen molar-refractivity contribution in [2.75, 3.05) is 0 Å². The molecule has 0 amide bonds. The first kappa shape index (κ1) is 23.1. The van der Waals surface area contributed by atoms with Crippen LogP contribution in [-0.4, -0.2) is 5.78 Å². The zero-order valence-corrected chi connectivity index (χ0v) is 20.4. The van der Waals surface area contributed by atoms with Crippen molar-refractivity contribution in [2.24, 2.45) is 0 Å². The Bertz CT molecular complexity index is 1480. The van der Waals surface area contributed by atoms with Gasteiger partial charge in [0.05, 0.1) is 5.92 Å². The summed E-state index contributed by atoms with van der Waals surface area (Å²) in [5.74, 6) is -0.509. The van der Waals surface area contributed by atoms with Crippen molar-refractivity contribution in [1.82, 2.24) is 0 Å². The minimum absolute atomic E-state index is 0.00731. The van der Waals surface area contributed by atoms with Crippen molar-refractivity contribution < 1.29 is 4.79 Å². The largest absolute Gasteiger partial charge is 0.293 e. The smallest absolute Gasteiger partial charge is 0.175 e. The molecule has 0 bridgehead atoms. The maximum Gasteiger partial charge on any atom is 0.175 e. The third kappa shape index (κ3) is 4.93. The number of Topliss-reactive ketones (excluding diaryl/α,β-unsaturated/α-hetero) is 1. The van der Waals surface area contributed by atoms with Crippen LogP contribution >= 0.6 is 23.2 Å². The van der Waals surface area contributed by atoms with Gasteiger partial charge in [0.15, 0.2) is 5.78 Å². The normalized spacial score (nSPS) is 11.7. The monoisotopic (exact) mass is 492 g/mol. The van der Waals surface area contributed by atoms with E-state index in [-0.39, 0.29) is 5.78 Å². The fraction of sp³-hybridized carbons (Fsp3) is 0.0312. The van der Waals surface area contributed by atoms with Gasteiger partial charge in [0, 0.05) is 15.6 Å². The Labute approximate surface area is 215 Å². The summed E-state index contributed by atoms with van der Waals surface area (Å²) in [6, 6.07) is 41.1. The molecule has 35 heavy (non-hydrogen) atoms. The van der Waals surface area contributed by atoms with E-state index in [9.17, 15) is 4.79 Å². The van der Waals surface area contributed by atoms with Gasteiger partial charge in [-0.05, 0) is 57.6 Å². The van der Waals surface area contributed by atoms with Crippen LogP contribution in [0.5, 0.6) is 0 Å². The van der Waals surface area contributed by atoms with Gasteiger partial charge in [-0.25, -0.2) is 0 Å². The molecule has 5 aromatic carbocycles. The van der Waals surface area contributed by atoms with E-state index in [4.69, 9.17) is 23.2 Å². The van der Waals surface area contributed by atoms with Crippen LogP contribution in [0.15, 0.2) is 127 Å². The summed E-state index contributed by atoms with van der Waals surface area (Å²) in [4.78, 5) is 14.7. The topological polar surface area (TPSA) is 17.1 Å². The van der Waals surface area contributed by atoms with E-state index >= 15 is 0 Å². The van der Waals surface area contributed by atoms with Gasteiger partial charge in [-0.2, -0.15) is 0 Å². The predicted octanol–water partition coefficient (Wildman–Crippen LogP) is 9.34. The van der Waals surface area contributed by atoms with Crippen LogP contribution in [0.25, 0.3) is 22.3 Å². The van der Waals surface area contributed by atoms with E-state index in [0.717, 1.165) is 33.4 Å². The molecule has 0 saturated carbocycles. The van der Waals surface area contributed by atoms with Crippen LogP contribution in [0.4, 0.5) is 0 Å². The van der Waals surface area contributed by atoms with E-state index in [1.165, 1.54) is 0 Å². The lowest BCUT2D eigenvalue weighted by atomic mass is 9.80. The highest BCUT2D eigenvalue weighted by Crippen LogP contribution is 2.39. The number of ketones is 1. The molecule has 0 saturated heterocycles. The van der Waals surface area contributed by atoms with Gasteiger partial charge in [0.25, 0.3) is 0 Å². The Hall–Kier alpha value is -3.65. The maximum atomic E-state index is 14.7. The molecule has 0 aliphatic heterocycles. The van der Waals surface area contributed by atoms with Gasteiger partial charge in [0.2, 0.25) is 0 Å². The van der Waals surface area contributed by atoms with Crippen LogP contribution in [-0.2, 0) is 0 Å². The molecular weight excluding hydrogens is 471 g/mol. The number of benzene rings is 5. The molecule has 1 nitrogen and oxygen atoms in total. The first-order valence-corrected chi connectivity index (χ1v) is 12.2. The lowest BCUT2D eigenvalue weighted by Crippen LogP contribution is -2.17. The van der Waals surface area contributed by atoms with Crippen molar-refractivity contribution >= 4 is 29.0 Å². The molecule has 5 aromatic rings. The first-order valence-electron chi connectivity index (χ1n) is 11.4. The molecule has 0 fully saturated rings. The second-order valence-electron chi connectivity index (χ2n) is 8.37. The van der Waals surface area contributed by atoms with E-state index in [1.807, 2.05) is 127 Å². The van der Waals surface area contributed by atoms with Crippen LogP contribution in [0.3, 0.4) is 0 Å². The second-order valence-corrected chi connectivity index (χ2v) is 9.24. The van der Waals surface area contributed by atoms with E-state index in [0.29, 0.717) is 15.6 Å². The molecular formula is C32H22Cl2O. The number of hydrogen-bond donors (Lipinski definition) is 0. The third-order valence-corrected chi connectivity index (χ3v) is 6.58. The minimum atomic E-state index is -0.516. The quantitative estimate of drug-likeness (QED) is 0.215. The molecule has 1 atom stereocenters. The first-order chi connectivity index (χ1) is 17.1. The van der Waals surface area contributed by atoms with E-state index in [2.05, 4.69) is 0 Å². The molecule has 0 aromatic heterocycles. The Kier molecular flexibility index (Phi) is 6.81. The van der Waals surface area contributed by atoms with Crippen LogP contribution in [0.2, 0.25) is 10.0 Å². The molecule has 0 radical (unpaired) electrons. The van der Waals surface area contributed by atoms with Gasteiger partial charge in [-0.15, -0.1) is 0 Å². The van der Waals surface area contributed by atoms with Crippen molar-refractivity contribution in [2.45, 2.75) is 5.92 Å². The zero-order valence-electron chi connectivity index (χ0n) is 18.9. The van der Waals surface area contributed by atoms with Gasteiger partial charge in [-0.1, -0.05) is 126 Å². The summed E-state index contributed by atoms with van der Waals surface area (Å²) >= 11 is 12.7. The third-order valence-electron chi connectivity index (χ3n) is 6.11. The highest BCUT2D eigenvalue weighted by Gasteiger charge is 2.29. The maximum absolute atomic E-state index is 14.7. The SMILES string of the molecule is O=C(c1c(-c2ccccc2)cccc1-c1cccc(Cl)c1)C(c1ccccc1)c1cccc(Cl)c1. The lowest BCUT2D eigenvalue weighted by Gasteiger charge is -2.22. The van der Waals surface area contributed by atoms with Gasteiger partial charge < -0.3 is 0 Å². The average Bonchev–Trinajstić information content (AvgIpc) is 2.89. The summed E-state index contributed by atoms with van der Waals surface area (Å²) < 4.78 is 0. The van der Waals surface area contributed by atoms with Gasteiger partial charge in [-0.3, -0.25) is 4.79 Å². The fourth-order valence-electron chi connectivity index (χ4n) is 4.54. The summed E-state index contributed by atoms with van der Waals surface area (Å²) in [5, 5.41) is 1.23. The van der Waals surface area contributed by atoms with Crippen molar-refractivity contribution in [3.8, 4) is 22.3 Å². The molecule has 0 aliphatic carbocycles. The molecule has 0 N–H and O–H groups in total. The number of carbonyl (C=O) groups excluding carboxylic acids is 1. The summed E-state index contributed by atoms with van der Waals surface area (Å²) in [5.41, 5.74) is 6.05. The predicted molar refractivity (Wildman–Crippen MR) is 146 cm³/mol. The molecule has 0 aliphatic rings. The van der Waals surface area contributed by atoms with Crippen molar-refractivity contribution in [3.63, 3.8) is 0 Å². The average molecular weight is 493 g/mol. The van der Waals surface area contributed by atoms with Crippen LogP contribution in [0.1, 0.15) is 27.4 Å². The molecule has 5 rings (SSSR count). The minimum Gasteiger partial charge on any atom is -0.293 e. The van der Waals surface area contributed by atoms with Crippen molar-refractivity contribution in [3.05, 3.63) is 154 Å². The highest BCUT2D eigenvalue weighted by molar-refractivity contribution is 6.31. The lowest BCUT2D eigenvalue weighted by molar-refractivity contribution is 0.0975. The Morgan fingerprint density at radius 3 is 1.69 bits per heavy atom. The Morgan fingerprint density at radius 2 is 1.03 bits per heavy atom. The number of hydrogen-bond acceptors (Lipinski definition) is 1. The molecule has 170 valence electrons. The number of rotatable bonds is 6. The summed E-state index contributed by atoms with van der Waals surface area (Å²) in [7, 11) is 0. The Balaban J connectivity index is 1.78. The molecule has 0 spiro atoms. The van der Waals surface area contributed by atoms with Gasteiger partial charge >= 0.3 is 0 Å². The summed E-state index contributed by atoms with van der Waals surface area (Å²) in [6.45, 7) is 0. The molecule has 3 heteroatoms. The number of carbonyl (C=O) groups is 1. The Morgan fingerprint density at radius 1 is 0.514 bits per heavy atom. The van der Waals surface area contributed by atoms with Gasteiger partial charge in [0.1, 0.15) is 0 Å². The highest BCUT2D eigenvalue weighted by atomic mass is 35.5.